The molecule has 0 heterocycles. The normalized spacial score (nSPS) is 15.2. The molecule has 2 atom stereocenters. The summed E-state index contributed by atoms with van der Waals surface area (Å²) in [4.78, 5) is 23.5. The van der Waals surface area contributed by atoms with Crippen LogP contribution in [-0.4, -0.2) is 30.4 Å². The van der Waals surface area contributed by atoms with Crippen LogP contribution in [0.2, 0.25) is 0 Å². The molecule has 1 rings (SSSR count). The fourth-order valence-electron chi connectivity index (χ4n) is 1.41. The first-order valence-electron chi connectivity index (χ1n) is 5.66. The Morgan fingerprint density at radius 3 is 2.37 bits per heavy atom. The number of nitrogens with two attached hydrogens (primary N) is 1. The summed E-state index contributed by atoms with van der Waals surface area (Å²) in [6.45, 7) is 1.16. The first-order chi connectivity index (χ1) is 8.92. The largest absolute Gasteiger partial charge is 0.468 e. The molecule has 6 nitrogen and oxygen atoms in total. The van der Waals surface area contributed by atoms with Crippen molar-refractivity contribution in [3.8, 4) is 0 Å². The summed E-state index contributed by atoms with van der Waals surface area (Å²) in [5.41, 5.74) is 4.09. The molecule has 2 unspecified atom stereocenters. The molecule has 0 amide bonds. The molecule has 0 aliphatic carbocycles. The Balaban J connectivity index is 2.77. The van der Waals surface area contributed by atoms with Crippen LogP contribution in [-0.2, 0) is 25.7 Å². The van der Waals surface area contributed by atoms with Gasteiger partial charge in [0.2, 0.25) is 5.41 Å². The van der Waals surface area contributed by atoms with Crippen molar-refractivity contribution < 1.29 is 24.2 Å². The van der Waals surface area contributed by atoms with Crippen LogP contribution in [0.1, 0.15) is 12.5 Å². The second-order valence-corrected chi connectivity index (χ2v) is 4.20. The maximum atomic E-state index is 11.9. The molecule has 0 aromatic heterocycles. The molecule has 0 aliphatic rings. The number of methoxy groups -OCH3 is 1. The van der Waals surface area contributed by atoms with Crippen LogP contribution in [0.25, 0.3) is 0 Å². The van der Waals surface area contributed by atoms with E-state index in [2.05, 4.69) is 4.74 Å². The number of hydrogen-bond acceptors (Lipinski definition) is 6. The molecule has 6 heteroatoms. The van der Waals surface area contributed by atoms with E-state index in [9.17, 15) is 14.7 Å². The third-order valence-corrected chi connectivity index (χ3v) is 2.84. The predicted molar refractivity (Wildman–Crippen MR) is 66.6 cm³/mol. The first-order valence-corrected chi connectivity index (χ1v) is 5.66. The zero-order chi connectivity index (χ0) is 14.5. The van der Waals surface area contributed by atoms with E-state index in [1.165, 1.54) is 6.92 Å². The zero-order valence-corrected chi connectivity index (χ0v) is 10.8. The highest BCUT2D eigenvalue weighted by molar-refractivity contribution is 6.00. The molecule has 0 fully saturated rings. The Morgan fingerprint density at radius 2 is 1.89 bits per heavy atom. The lowest BCUT2D eigenvalue weighted by atomic mass is 9.89. The molecule has 104 valence electrons. The minimum absolute atomic E-state index is 0.0149. The zero-order valence-electron chi connectivity index (χ0n) is 10.8. The van der Waals surface area contributed by atoms with Gasteiger partial charge in [-0.25, -0.2) is 0 Å². The van der Waals surface area contributed by atoms with Crippen LogP contribution >= 0.6 is 0 Å². The fourth-order valence-corrected chi connectivity index (χ4v) is 1.41. The van der Waals surface area contributed by atoms with Gasteiger partial charge >= 0.3 is 11.9 Å². The molecule has 0 aliphatic heterocycles. The summed E-state index contributed by atoms with van der Waals surface area (Å²) in [7, 11) is 1.10. The number of benzene rings is 1. The lowest BCUT2D eigenvalue weighted by molar-refractivity contribution is -0.178. The quantitative estimate of drug-likeness (QED) is 0.449. The van der Waals surface area contributed by atoms with Crippen LogP contribution < -0.4 is 5.73 Å². The van der Waals surface area contributed by atoms with Crippen molar-refractivity contribution in [2.75, 3.05) is 7.11 Å². The number of aliphatic hydroxyl groups is 1. The highest BCUT2D eigenvalue weighted by atomic mass is 16.6. The van der Waals surface area contributed by atoms with Gasteiger partial charge in [0.15, 0.2) is 0 Å². The van der Waals surface area contributed by atoms with E-state index < -0.39 is 23.6 Å². The molecule has 0 radical (unpaired) electrons. The van der Waals surface area contributed by atoms with E-state index >= 15 is 0 Å². The third kappa shape index (κ3) is 3.30. The van der Waals surface area contributed by atoms with Gasteiger partial charge in [0, 0.05) is 0 Å². The highest BCUT2D eigenvalue weighted by Crippen LogP contribution is 2.23. The summed E-state index contributed by atoms with van der Waals surface area (Å²) in [5.74, 6) is -1.88. The molecular formula is C13H17NO5. The molecule has 1 aromatic rings. The van der Waals surface area contributed by atoms with Gasteiger partial charge in [-0.3, -0.25) is 9.59 Å². The summed E-state index contributed by atoms with van der Waals surface area (Å²) in [6, 6.07) is 8.94. The Hall–Kier alpha value is -1.92. The maximum absolute atomic E-state index is 11.9. The van der Waals surface area contributed by atoms with Crippen molar-refractivity contribution >= 4 is 11.9 Å². The average Bonchev–Trinajstić information content (AvgIpc) is 2.43. The van der Waals surface area contributed by atoms with Gasteiger partial charge in [-0.15, -0.1) is 0 Å². The van der Waals surface area contributed by atoms with E-state index in [4.69, 9.17) is 10.5 Å². The summed E-state index contributed by atoms with van der Waals surface area (Å²) in [5, 5.41) is 9.42. The Labute approximate surface area is 111 Å². The number of rotatable bonds is 5. The predicted octanol–water partition coefficient (Wildman–Crippen LogP) is 0.186. The van der Waals surface area contributed by atoms with Gasteiger partial charge in [-0.05, 0) is 12.5 Å². The average molecular weight is 267 g/mol. The summed E-state index contributed by atoms with van der Waals surface area (Å²) < 4.78 is 9.47. The standard InChI is InChI=1S/C13H17NO5/c1-13(10(14)15,11(16)18-2)12(17)19-8-9-6-4-3-5-7-9/h3-7,10,15H,8,14H2,1-2H3. The number of ether oxygens (including phenoxy) is 2. The van der Waals surface area contributed by atoms with E-state index in [0.717, 1.165) is 12.7 Å². The lowest BCUT2D eigenvalue weighted by Crippen LogP contribution is -2.52. The maximum Gasteiger partial charge on any atom is 0.327 e. The minimum Gasteiger partial charge on any atom is -0.468 e. The molecule has 3 N–H and O–H groups in total. The second-order valence-electron chi connectivity index (χ2n) is 4.20. The summed E-state index contributed by atoms with van der Waals surface area (Å²) >= 11 is 0. The van der Waals surface area contributed by atoms with Gasteiger partial charge < -0.3 is 20.3 Å². The van der Waals surface area contributed by atoms with Crippen molar-refractivity contribution in [3.63, 3.8) is 0 Å². The fraction of sp³-hybridized carbons (Fsp3) is 0.385. The van der Waals surface area contributed by atoms with Crippen molar-refractivity contribution in [1.82, 2.24) is 0 Å². The van der Waals surface area contributed by atoms with Crippen molar-refractivity contribution in [1.29, 1.82) is 0 Å². The van der Waals surface area contributed by atoms with Crippen LogP contribution in [0.3, 0.4) is 0 Å². The molecule has 0 saturated heterocycles. The van der Waals surface area contributed by atoms with E-state index in [1.807, 2.05) is 6.07 Å². The highest BCUT2D eigenvalue weighted by Gasteiger charge is 2.49. The van der Waals surface area contributed by atoms with Gasteiger partial charge in [0.05, 0.1) is 7.11 Å². The van der Waals surface area contributed by atoms with Crippen molar-refractivity contribution in [3.05, 3.63) is 35.9 Å². The molecular weight excluding hydrogens is 250 g/mol. The number of hydrogen-bond donors (Lipinski definition) is 2. The number of carbonyl (C=O) groups is 2. The lowest BCUT2D eigenvalue weighted by Gasteiger charge is -2.26. The molecule has 0 spiro atoms. The Kier molecular flexibility index (Phi) is 5.02. The van der Waals surface area contributed by atoms with Gasteiger partial charge in [-0.1, -0.05) is 30.3 Å². The minimum atomic E-state index is -1.94. The van der Waals surface area contributed by atoms with Gasteiger partial charge in [0.25, 0.3) is 0 Å². The van der Waals surface area contributed by atoms with Gasteiger partial charge in [-0.2, -0.15) is 0 Å². The number of carbonyl (C=O) groups excluding carboxylic acids is 2. The molecule has 0 bridgehead atoms. The monoisotopic (exact) mass is 267 g/mol. The van der Waals surface area contributed by atoms with Crippen molar-refractivity contribution in [2.45, 2.75) is 19.8 Å². The molecule has 0 saturated carbocycles. The van der Waals surface area contributed by atoms with Crippen LogP contribution in [0, 0.1) is 5.41 Å². The molecule has 1 aromatic carbocycles. The topological polar surface area (TPSA) is 98.9 Å². The smallest absolute Gasteiger partial charge is 0.327 e. The number of esters is 2. The third-order valence-electron chi connectivity index (χ3n) is 2.84. The van der Waals surface area contributed by atoms with E-state index in [1.54, 1.807) is 24.3 Å². The first kappa shape index (κ1) is 15.1. The Bertz CT molecular complexity index is 446. The van der Waals surface area contributed by atoms with Crippen LogP contribution in [0.4, 0.5) is 0 Å². The van der Waals surface area contributed by atoms with Crippen LogP contribution in [0.5, 0.6) is 0 Å². The van der Waals surface area contributed by atoms with Crippen LogP contribution in [0.15, 0.2) is 30.3 Å². The SMILES string of the molecule is COC(=O)C(C)(C(=O)OCc1ccccc1)C(N)O. The van der Waals surface area contributed by atoms with E-state index in [-0.39, 0.29) is 6.61 Å². The number of aliphatic hydroxyl groups excluding tert-OH is 1. The second kappa shape index (κ2) is 6.31. The Morgan fingerprint density at radius 1 is 1.32 bits per heavy atom. The molecule has 19 heavy (non-hydrogen) atoms. The van der Waals surface area contributed by atoms with Crippen molar-refractivity contribution in [2.24, 2.45) is 11.1 Å². The van der Waals surface area contributed by atoms with Gasteiger partial charge in [0.1, 0.15) is 12.8 Å². The van der Waals surface area contributed by atoms with E-state index in [0.29, 0.717) is 0 Å². The summed E-state index contributed by atoms with van der Waals surface area (Å²) in [6.07, 6.45) is -1.71.